The van der Waals surface area contributed by atoms with E-state index in [1.165, 1.54) is 36.8 Å². The topological polar surface area (TPSA) is 12.0 Å². The Morgan fingerprint density at radius 1 is 1.33 bits per heavy atom. The molecule has 21 heavy (non-hydrogen) atoms. The zero-order chi connectivity index (χ0) is 15.5. The molecule has 1 aromatic carbocycles. The quantitative estimate of drug-likeness (QED) is 0.702. The molecule has 0 heterocycles. The number of hydrogen-bond acceptors (Lipinski definition) is 1. The number of benzene rings is 1. The van der Waals surface area contributed by atoms with Crippen LogP contribution in [-0.2, 0) is 0 Å². The van der Waals surface area contributed by atoms with Crippen LogP contribution in [0.3, 0.4) is 0 Å². The molecule has 0 amide bonds. The van der Waals surface area contributed by atoms with Gasteiger partial charge in [0.05, 0.1) is 0 Å². The summed E-state index contributed by atoms with van der Waals surface area (Å²) in [5.74, 6) is 1.37. The van der Waals surface area contributed by atoms with Crippen LogP contribution in [0.15, 0.2) is 18.2 Å². The molecule has 1 aliphatic rings. The third-order valence-electron chi connectivity index (χ3n) is 4.99. The van der Waals surface area contributed by atoms with Crippen molar-refractivity contribution in [2.45, 2.75) is 59.3 Å². The van der Waals surface area contributed by atoms with Crippen molar-refractivity contribution >= 4 is 11.6 Å². The van der Waals surface area contributed by atoms with Gasteiger partial charge in [0.2, 0.25) is 0 Å². The van der Waals surface area contributed by atoms with Gasteiger partial charge in [-0.05, 0) is 80.1 Å². The molecule has 0 bridgehead atoms. The van der Waals surface area contributed by atoms with Crippen molar-refractivity contribution in [2.24, 2.45) is 11.3 Å². The van der Waals surface area contributed by atoms with Gasteiger partial charge in [0.15, 0.2) is 0 Å². The van der Waals surface area contributed by atoms with Crippen molar-refractivity contribution in [1.82, 2.24) is 5.32 Å². The van der Waals surface area contributed by atoms with Crippen LogP contribution < -0.4 is 5.32 Å². The minimum atomic E-state index is 0.448. The molecule has 0 saturated heterocycles. The van der Waals surface area contributed by atoms with Gasteiger partial charge in [0.25, 0.3) is 0 Å². The summed E-state index contributed by atoms with van der Waals surface area (Å²) < 4.78 is 0. The predicted molar refractivity (Wildman–Crippen MR) is 93.2 cm³/mol. The fraction of sp³-hybridized carbons (Fsp3) is 0.684. The fourth-order valence-electron chi connectivity index (χ4n) is 3.58. The minimum Gasteiger partial charge on any atom is -0.316 e. The van der Waals surface area contributed by atoms with Gasteiger partial charge >= 0.3 is 0 Å². The highest BCUT2D eigenvalue weighted by Crippen LogP contribution is 2.46. The van der Waals surface area contributed by atoms with Crippen molar-refractivity contribution < 1.29 is 0 Å². The molecule has 2 rings (SSSR count). The Bertz CT molecular complexity index is 467. The Morgan fingerprint density at radius 2 is 2.10 bits per heavy atom. The lowest BCUT2D eigenvalue weighted by molar-refractivity contribution is 0.160. The van der Waals surface area contributed by atoms with Gasteiger partial charge in [-0.3, -0.25) is 0 Å². The van der Waals surface area contributed by atoms with E-state index in [1.54, 1.807) is 0 Å². The Kier molecular flexibility index (Phi) is 5.73. The summed E-state index contributed by atoms with van der Waals surface area (Å²) in [6.45, 7) is 11.4. The van der Waals surface area contributed by atoms with Crippen LogP contribution in [0, 0.1) is 18.3 Å². The first-order valence-corrected chi connectivity index (χ1v) is 8.77. The molecule has 1 N–H and O–H groups in total. The van der Waals surface area contributed by atoms with Crippen LogP contribution in [0.4, 0.5) is 0 Å². The van der Waals surface area contributed by atoms with Gasteiger partial charge in [0, 0.05) is 5.02 Å². The van der Waals surface area contributed by atoms with Gasteiger partial charge in [0.1, 0.15) is 0 Å². The molecule has 118 valence electrons. The second-order valence-corrected chi connectivity index (χ2v) is 7.89. The molecule has 0 aromatic heterocycles. The highest BCUT2D eigenvalue weighted by Gasteiger charge is 2.35. The van der Waals surface area contributed by atoms with Crippen molar-refractivity contribution in [2.75, 3.05) is 13.1 Å². The van der Waals surface area contributed by atoms with Crippen LogP contribution in [0.2, 0.25) is 5.02 Å². The molecule has 1 saturated carbocycles. The van der Waals surface area contributed by atoms with Gasteiger partial charge in [-0.15, -0.1) is 0 Å². The number of hydrogen-bond donors (Lipinski definition) is 1. The minimum absolute atomic E-state index is 0.448. The maximum Gasteiger partial charge on any atom is 0.0438 e. The predicted octanol–water partition coefficient (Wildman–Crippen LogP) is 5.56. The Hall–Kier alpha value is -0.530. The Labute approximate surface area is 135 Å². The summed E-state index contributed by atoms with van der Waals surface area (Å²) >= 11 is 6.36. The standard InChI is InChI=1S/C19H30ClN/c1-5-10-21-13-16-8-9-19(3,4)12-17(16)15-7-6-14(2)18(20)11-15/h6-7,11,16-17,21H,5,8-10,12-13H2,1-4H3. The van der Waals surface area contributed by atoms with Crippen LogP contribution in [-0.4, -0.2) is 13.1 Å². The lowest BCUT2D eigenvalue weighted by Crippen LogP contribution is -2.35. The average Bonchev–Trinajstić information content (AvgIpc) is 2.43. The lowest BCUT2D eigenvalue weighted by atomic mass is 9.65. The van der Waals surface area contributed by atoms with Crippen LogP contribution in [0.1, 0.15) is 63.5 Å². The molecule has 1 nitrogen and oxygen atoms in total. The number of rotatable bonds is 5. The second-order valence-electron chi connectivity index (χ2n) is 7.49. The molecule has 2 unspecified atom stereocenters. The van der Waals surface area contributed by atoms with E-state index in [1.807, 2.05) is 0 Å². The summed E-state index contributed by atoms with van der Waals surface area (Å²) in [4.78, 5) is 0. The zero-order valence-corrected chi connectivity index (χ0v) is 14.8. The Morgan fingerprint density at radius 3 is 2.76 bits per heavy atom. The lowest BCUT2D eigenvalue weighted by Gasteiger charge is -2.41. The molecule has 2 heteroatoms. The number of halogens is 1. The first-order chi connectivity index (χ1) is 9.93. The summed E-state index contributed by atoms with van der Waals surface area (Å²) in [6.07, 6.45) is 5.13. The fourth-order valence-corrected chi connectivity index (χ4v) is 3.77. The molecule has 0 spiro atoms. The smallest absolute Gasteiger partial charge is 0.0438 e. The van der Waals surface area contributed by atoms with Crippen molar-refractivity contribution in [3.8, 4) is 0 Å². The summed E-state index contributed by atoms with van der Waals surface area (Å²) in [5.41, 5.74) is 3.06. The van der Waals surface area contributed by atoms with Gasteiger partial charge in [-0.25, -0.2) is 0 Å². The van der Waals surface area contributed by atoms with E-state index in [0.717, 1.165) is 24.0 Å². The van der Waals surface area contributed by atoms with Gasteiger partial charge in [-0.2, -0.15) is 0 Å². The van der Waals surface area contributed by atoms with E-state index in [9.17, 15) is 0 Å². The van der Waals surface area contributed by atoms with Gasteiger partial charge in [-0.1, -0.05) is 44.5 Å². The molecule has 0 aliphatic heterocycles. The monoisotopic (exact) mass is 307 g/mol. The number of nitrogens with one attached hydrogen (secondary N) is 1. The second kappa shape index (κ2) is 7.15. The molecular formula is C19H30ClN. The first kappa shape index (κ1) is 16.8. The average molecular weight is 308 g/mol. The first-order valence-electron chi connectivity index (χ1n) is 8.40. The third-order valence-corrected chi connectivity index (χ3v) is 5.40. The van der Waals surface area contributed by atoms with Crippen LogP contribution in [0.5, 0.6) is 0 Å². The van der Waals surface area contributed by atoms with Crippen molar-refractivity contribution in [3.05, 3.63) is 34.3 Å². The highest BCUT2D eigenvalue weighted by atomic mass is 35.5. The van der Waals surface area contributed by atoms with E-state index >= 15 is 0 Å². The summed E-state index contributed by atoms with van der Waals surface area (Å²) in [6, 6.07) is 6.67. The molecule has 0 radical (unpaired) electrons. The molecule has 1 aromatic rings. The zero-order valence-electron chi connectivity index (χ0n) is 14.0. The Balaban J connectivity index is 2.17. The van der Waals surface area contributed by atoms with Gasteiger partial charge < -0.3 is 5.32 Å². The van der Waals surface area contributed by atoms with Crippen molar-refractivity contribution in [3.63, 3.8) is 0 Å². The van der Waals surface area contributed by atoms with E-state index < -0.39 is 0 Å². The maximum atomic E-state index is 6.36. The SMILES string of the molecule is CCCNCC1CCC(C)(C)CC1c1ccc(C)c(Cl)c1. The largest absolute Gasteiger partial charge is 0.316 e. The molecule has 2 atom stereocenters. The van der Waals surface area contributed by atoms with Crippen LogP contribution in [0.25, 0.3) is 0 Å². The van der Waals surface area contributed by atoms with Crippen LogP contribution >= 0.6 is 11.6 Å². The van der Waals surface area contributed by atoms with E-state index in [0.29, 0.717) is 11.3 Å². The molecule has 1 aliphatic carbocycles. The third kappa shape index (κ3) is 4.47. The molecular weight excluding hydrogens is 278 g/mol. The molecule has 1 fully saturated rings. The van der Waals surface area contributed by atoms with Crippen molar-refractivity contribution in [1.29, 1.82) is 0 Å². The highest BCUT2D eigenvalue weighted by molar-refractivity contribution is 6.31. The number of aryl methyl sites for hydroxylation is 1. The van der Waals surface area contributed by atoms with E-state index in [2.05, 4.69) is 51.2 Å². The van der Waals surface area contributed by atoms with E-state index in [-0.39, 0.29) is 0 Å². The normalized spacial score (nSPS) is 25.0. The van der Waals surface area contributed by atoms with E-state index in [4.69, 9.17) is 11.6 Å². The maximum absolute atomic E-state index is 6.36. The summed E-state index contributed by atoms with van der Waals surface area (Å²) in [5, 5.41) is 4.54. The summed E-state index contributed by atoms with van der Waals surface area (Å²) in [7, 11) is 0.